The van der Waals surface area contributed by atoms with Gasteiger partial charge in [-0.25, -0.2) is 4.98 Å². The topological polar surface area (TPSA) is 93.4 Å². The lowest BCUT2D eigenvalue weighted by Crippen LogP contribution is -2.31. The van der Waals surface area contributed by atoms with Crippen molar-refractivity contribution in [3.05, 3.63) is 11.8 Å². The minimum Gasteiger partial charge on any atom is -0.383 e. The molecule has 0 spiro atoms. The Balaban J connectivity index is 1.97. The molecular formula is C12H19N5O2. The summed E-state index contributed by atoms with van der Waals surface area (Å²) >= 11 is 0. The first-order valence-electron chi connectivity index (χ1n) is 6.22. The Bertz CT molecular complexity index is 465. The van der Waals surface area contributed by atoms with E-state index in [1.54, 1.807) is 18.2 Å². The predicted molar refractivity (Wildman–Crippen MR) is 71.7 cm³/mol. The minimum atomic E-state index is 0.0531. The van der Waals surface area contributed by atoms with Crippen molar-refractivity contribution in [2.45, 2.75) is 19.4 Å². The van der Waals surface area contributed by atoms with Gasteiger partial charge in [0.05, 0.1) is 12.6 Å². The molecule has 2 heterocycles. The second-order valence-corrected chi connectivity index (χ2v) is 4.64. The van der Waals surface area contributed by atoms with Crippen molar-refractivity contribution in [2.75, 3.05) is 37.9 Å². The number of methoxy groups -OCH3 is 1. The first-order chi connectivity index (χ1) is 9.10. The van der Waals surface area contributed by atoms with Crippen LogP contribution in [0, 0.1) is 6.92 Å². The van der Waals surface area contributed by atoms with E-state index in [0.717, 1.165) is 5.56 Å². The van der Waals surface area contributed by atoms with Crippen LogP contribution < -0.4 is 11.1 Å². The van der Waals surface area contributed by atoms with Crippen molar-refractivity contribution in [3.8, 4) is 0 Å². The Hall–Kier alpha value is -1.89. The number of carbonyl (C=O) groups is 1. The van der Waals surface area contributed by atoms with E-state index >= 15 is 0 Å². The number of likely N-dealkylation sites (tertiary alicyclic amines) is 1. The molecule has 7 nitrogen and oxygen atoms in total. The van der Waals surface area contributed by atoms with E-state index in [-0.39, 0.29) is 17.9 Å². The number of ether oxygens (including phenoxy) is 1. The zero-order valence-corrected chi connectivity index (χ0v) is 11.2. The van der Waals surface area contributed by atoms with E-state index < -0.39 is 0 Å². The number of anilines is 2. The van der Waals surface area contributed by atoms with Crippen LogP contribution in [-0.2, 0) is 9.53 Å². The van der Waals surface area contributed by atoms with Crippen molar-refractivity contribution < 1.29 is 9.53 Å². The first kappa shape index (κ1) is 13.5. The number of nitrogens with zero attached hydrogens (tertiary/aromatic N) is 3. The number of amides is 1. The molecule has 0 aromatic carbocycles. The van der Waals surface area contributed by atoms with Crippen LogP contribution in [0.5, 0.6) is 0 Å². The van der Waals surface area contributed by atoms with E-state index in [0.29, 0.717) is 31.9 Å². The largest absolute Gasteiger partial charge is 0.383 e. The predicted octanol–water partition coefficient (Wildman–Crippen LogP) is 0.0264. The van der Waals surface area contributed by atoms with Crippen LogP contribution >= 0.6 is 0 Å². The summed E-state index contributed by atoms with van der Waals surface area (Å²) in [6.45, 7) is 3.74. The van der Waals surface area contributed by atoms with E-state index in [1.807, 2.05) is 6.92 Å². The van der Waals surface area contributed by atoms with Crippen LogP contribution in [0.4, 0.5) is 11.8 Å². The zero-order valence-electron chi connectivity index (χ0n) is 11.2. The Morgan fingerprint density at radius 1 is 1.63 bits per heavy atom. The average molecular weight is 265 g/mol. The molecule has 7 heteroatoms. The van der Waals surface area contributed by atoms with Crippen molar-refractivity contribution in [3.63, 3.8) is 0 Å². The number of hydrogen-bond acceptors (Lipinski definition) is 6. The molecule has 1 atom stereocenters. The number of carbonyl (C=O) groups excluding carboxylic acids is 1. The lowest BCUT2D eigenvalue weighted by molar-refractivity contribution is -0.128. The maximum absolute atomic E-state index is 11.8. The number of nitrogens with two attached hydrogens (primary N) is 1. The molecule has 0 bridgehead atoms. The number of aryl methyl sites for hydroxylation is 1. The summed E-state index contributed by atoms with van der Waals surface area (Å²) in [5.41, 5.74) is 6.48. The van der Waals surface area contributed by atoms with Gasteiger partial charge in [-0.3, -0.25) is 4.79 Å². The molecule has 1 fully saturated rings. The second-order valence-electron chi connectivity index (χ2n) is 4.64. The third kappa shape index (κ3) is 3.31. The lowest BCUT2D eigenvalue weighted by Gasteiger charge is -2.17. The highest BCUT2D eigenvalue weighted by molar-refractivity contribution is 5.80. The number of rotatable bonds is 5. The number of nitrogen functional groups attached to an aromatic ring is 1. The molecule has 1 aliphatic rings. The van der Waals surface area contributed by atoms with E-state index in [4.69, 9.17) is 10.5 Å². The van der Waals surface area contributed by atoms with E-state index in [1.165, 1.54) is 0 Å². The highest BCUT2D eigenvalue weighted by atomic mass is 16.5. The Morgan fingerprint density at radius 2 is 2.42 bits per heavy atom. The minimum absolute atomic E-state index is 0.0531. The van der Waals surface area contributed by atoms with Crippen molar-refractivity contribution in [1.82, 2.24) is 14.9 Å². The summed E-state index contributed by atoms with van der Waals surface area (Å²) in [5, 5.41) is 3.25. The summed E-state index contributed by atoms with van der Waals surface area (Å²) in [4.78, 5) is 21.7. The summed E-state index contributed by atoms with van der Waals surface area (Å²) in [6, 6.07) is 0.0531. The molecule has 1 aromatic heterocycles. The molecule has 2 rings (SSSR count). The van der Waals surface area contributed by atoms with Gasteiger partial charge in [-0.05, 0) is 6.92 Å². The van der Waals surface area contributed by atoms with E-state index in [9.17, 15) is 4.79 Å². The van der Waals surface area contributed by atoms with Gasteiger partial charge >= 0.3 is 0 Å². The Kier molecular flexibility index (Phi) is 4.16. The van der Waals surface area contributed by atoms with Gasteiger partial charge in [0.1, 0.15) is 5.82 Å². The number of nitrogens with one attached hydrogen (secondary N) is 1. The van der Waals surface area contributed by atoms with Crippen LogP contribution in [0.1, 0.15) is 12.0 Å². The standard InChI is InChI=1S/C12H19N5O2/c1-8-6-14-12(13)16-11(8)15-9-5-10(18)17(7-9)3-4-19-2/h6,9H,3-5,7H2,1-2H3,(H3,13,14,15,16)/t9-/m0/s1. The summed E-state index contributed by atoms with van der Waals surface area (Å²) in [7, 11) is 1.63. The zero-order chi connectivity index (χ0) is 13.8. The molecule has 104 valence electrons. The number of hydrogen-bond donors (Lipinski definition) is 2. The lowest BCUT2D eigenvalue weighted by atomic mass is 10.2. The first-order valence-corrected chi connectivity index (χ1v) is 6.22. The normalized spacial score (nSPS) is 18.9. The molecule has 19 heavy (non-hydrogen) atoms. The van der Waals surface area contributed by atoms with Gasteiger partial charge in [-0.1, -0.05) is 0 Å². The van der Waals surface area contributed by atoms with Crippen molar-refractivity contribution >= 4 is 17.7 Å². The highest BCUT2D eigenvalue weighted by Crippen LogP contribution is 2.18. The third-order valence-electron chi connectivity index (χ3n) is 3.11. The third-order valence-corrected chi connectivity index (χ3v) is 3.11. The molecule has 1 saturated heterocycles. The van der Waals surface area contributed by atoms with Crippen molar-refractivity contribution in [1.29, 1.82) is 0 Å². The van der Waals surface area contributed by atoms with Crippen LogP contribution in [0.2, 0.25) is 0 Å². The maximum atomic E-state index is 11.8. The average Bonchev–Trinajstić information content (AvgIpc) is 2.72. The molecule has 3 N–H and O–H groups in total. The monoisotopic (exact) mass is 265 g/mol. The van der Waals surface area contributed by atoms with Crippen molar-refractivity contribution in [2.24, 2.45) is 0 Å². The van der Waals surface area contributed by atoms with Gasteiger partial charge in [0.2, 0.25) is 11.9 Å². The fourth-order valence-corrected chi connectivity index (χ4v) is 2.08. The summed E-state index contributed by atoms with van der Waals surface area (Å²) in [6.07, 6.45) is 2.14. The van der Waals surface area contributed by atoms with Gasteiger partial charge in [0.15, 0.2) is 0 Å². The molecule has 0 aliphatic carbocycles. The molecule has 1 aromatic rings. The fraction of sp³-hybridized carbons (Fsp3) is 0.583. The molecule has 0 radical (unpaired) electrons. The smallest absolute Gasteiger partial charge is 0.224 e. The highest BCUT2D eigenvalue weighted by Gasteiger charge is 2.29. The van der Waals surface area contributed by atoms with E-state index in [2.05, 4.69) is 15.3 Å². The van der Waals surface area contributed by atoms with Gasteiger partial charge in [-0.15, -0.1) is 0 Å². The summed E-state index contributed by atoms with van der Waals surface area (Å²) in [5.74, 6) is 1.06. The number of aromatic nitrogens is 2. The van der Waals surface area contributed by atoms with Gasteiger partial charge in [0, 0.05) is 38.4 Å². The van der Waals surface area contributed by atoms with Gasteiger partial charge < -0.3 is 20.7 Å². The maximum Gasteiger partial charge on any atom is 0.224 e. The Morgan fingerprint density at radius 3 is 3.16 bits per heavy atom. The molecule has 1 amide bonds. The SMILES string of the molecule is COCCN1C[C@@H](Nc2nc(N)ncc2C)CC1=O. The van der Waals surface area contributed by atoms with Crippen LogP contribution in [0.3, 0.4) is 0 Å². The molecular weight excluding hydrogens is 246 g/mol. The van der Waals surface area contributed by atoms with Crippen LogP contribution in [0.15, 0.2) is 6.20 Å². The second kappa shape index (κ2) is 5.83. The quantitative estimate of drug-likeness (QED) is 0.780. The van der Waals surface area contributed by atoms with Crippen LogP contribution in [-0.4, -0.2) is 53.6 Å². The molecule has 0 saturated carbocycles. The summed E-state index contributed by atoms with van der Waals surface area (Å²) < 4.78 is 4.99. The van der Waals surface area contributed by atoms with Gasteiger partial charge in [0.25, 0.3) is 0 Å². The molecule has 0 unspecified atom stereocenters. The van der Waals surface area contributed by atoms with Crippen LogP contribution in [0.25, 0.3) is 0 Å². The van der Waals surface area contributed by atoms with Gasteiger partial charge in [-0.2, -0.15) is 4.98 Å². The fourth-order valence-electron chi connectivity index (χ4n) is 2.08. The Labute approximate surface area is 112 Å². The molecule has 1 aliphatic heterocycles.